The Morgan fingerprint density at radius 2 is 1.33 bits per heavy atom. The van der Waals surface area contributed by atoms with Crippen LogP contribution >= 0.6 is 0 Å². The molecule has 0 bridgehead atoms. The monoisotopic (exact) mass is 295 g/mol. The summed E-state index contributed by atoms with van der Waals surface area (Å²) in [5, 5.41) is 11.9. The molecule has 0 heterocycles. The lowest BCUT2D eigenvalue weighted by Gasteiger charge is -2.27. The molecule has 0 saturated carbocycles. The van der Waals surface area contributed by atoms with Gasteiger partial charge in [0.15, 0.2) is 0 Å². The predicted molar refractivity (Wildman–Crippen MR) is 74.6 cm³/mol. The number of hydrogen-bond acceptors (Lipinski definition) is 2. The molecule has 0 aliphatic carbocycles. The van der Waals surface area contributed by atoms with Crippen molar-refractivity contribution in [2.45, 2.75) is 18.3 Å². The van der Waals surface area contributed by atoms with Crippen LogP contribution in [-0.4, -0.2) is 17.9 Å². The number of alkyl halides is 3. The van der Waals surface area contributed by atoms with Crippen molar-refractivity contribution in [3.05, 3.63) is 71.8 Å². The van der Waals surface area contributed by atoms with Gasteiger partial charge in [-0.1, -0.05) is 60.7 Å². The minimum absolute atomic E-state index is 0.124. The quantitative estimate of drug-likeness (QED) is 0.883. The number of benzene rings is 2. The summed E-state index contributed by atoms with van der Waals surface area (Å²) < 4.78 is 39.8. The Kier molecular flexibility index (Phi) is 4.98. The van der Waals surface area contributed by atoms with Crippen LogP contribution in [0.5, 0.6) is 0 Å². The molecule has 2 unspecified atom stereocenters. The van der Waals surface area contributed by atoms with E-state index in [9.17, 15) is 18.3 Å². The van der Waals surface area contributed by atoms with Gasteiger partial charge in [0.25, 0.3) is 0 Å². The van der Waals surface area contributed by atoms with Gasteiger partial charge in [-0.05, 0) is 11.1 Å². The van der Waals surface area contributed by atoms with Gasteiger partial charge >= 0.3 is 6.18 Å². The first-order valence-electron chi connectivity index (χ1n) is 6.56. The second kappa shape index (κ2) is 6.74. The molecule has 0 fully saturated rings. The van der Waals surface area contributed by atoms with Gasteiger partial charge in [0.05, 0.1) is 12.6 Å². The summed E-state index contributed by atoms with van der Waals surface area (Å²) in [6.45, 7) is -0.413. The van der Waals surface area contributed by atoms with Crippen LogP contribution in [-0.2, 0) is 0 Å². The van der Waals surface area contributed by atoms with Crippen LogP contribution in [0.3, 0.4) is 0 Å². The van der Waals surface area contributed by atoms with Gasteiger partial charge in [-0.15, -0.1) is 0 Å². The fraction of sp³-hybridized carbons (Fsp3) is 0.250. The van der Waals surface area contributed by atoms with Crippen LogP contribution < -0.4 is 5.32 Å². The topological polar surface area (TPSA) is 32.3 Å². The molecule has 2 aromatic rings. The Labute approximate surface area is 121 Å². The third-order valence-corrected chi connectivity index (χ3v) is 3.21. The first-order valence-corrected chi connectivity index (χ1v) is 6.56. The van der Waals surface area contributed by atoms with Gasteiger partial charge in [-0.3, -0.25) is 5.32 Å². The van der Waals surface area contributed by atoms with Crippen LogP contribution in [0.25, 0.3) is 0 Å². The second-order valence-corrected chi connectivity index (χ2v) is 4.70. The molecule has 2 aromatic carbocycles. The Morgan fingerprint density at radius 3 is 1.76 bits per heavy atom. The molecule has 112 valence electrons. The van der Waals surface area contributed by atoms with Crippen LogP contribution in [0, 0.1) is 0 Å². The fourth-order valence-electron chi connectivity index (χ4n) is 2.17. The zero-order valence-corrected chi connectivity index (χ0v) is 11.2. The van der Waals surface area contributed by atoms with E-state index in [1.807, 2.05) is 0 Å². The van der Waals surface area contributed by atoms with Crippen molar-refractivity contribution in [3.8, 4) is 0 Å². The third-order valence-electron chi connectivity index (χ3n) is 3.21. The van der Waals surface area contributed by atoms with Gasteiger partial charge in [0.2, 0.25) is 0 Å². The van der Waals surface area contributed by atoms with Gasteiger partial charge in [0, 0.05) is 0 Å². The number of aliphatic hydroxyl groups is 1. The third kappa shape index (κ3) is 4.06. The fourth-order valence-corrected chi connectivity index (χ4v) is 2.17. The SMILES string of the molecule is OCC(NC(c1ccccc1)C(F)(F)F)c1ccccc1. The number of hydrogen-bond donors (Lipinski definition) is 2. The van der Waals surface area contributed by atoms with E-state index in [2.05, 4.69) is 5.32 Å². The van der Waals surface area contributed by atoms with Crippen molar-refractivity contribution in [3.63, 3.8) is 0 Å². The van der Waals surface area contributed by atoms with Crippen molar-refractivity contribution in [1.82, 2.24) is 5.32 Å². The van der Waals surface area contributed by atoms with Crippen LogP contribution in [0.1, 0.15) is 23.2 Å². The number of halogens is 3. The molecule has 0 aliphatic heterocycles. The molecule has 0 saturated heterocycles. The first kappa shape index (κ1) is 15.5. The Bertz CT molecular complexity index is 542. The van der Waals surface area contributed by atoms with Crippen molar-refractivity contribution >= 4 is 0 Å². The molecule has 2 rings (SSSR count). The minimum atomic E-state index is -4.44. The van der Waals surface area contributed by atoms with E-state index in [1.54, 1.807) is 48.5 Å². The average Bonchev–Trinajstić information content (AvgIpc) is 2.49. The summed E-state index contributed by atoms with van der Waals surface area (Å²) in [5.41, 5.74) is 0.740. The van der Waals surface area contributed by atoms with Crippen LogP contribution in [0.4, 0.5) is 13.2 Å². The van der Waals surface area contributed by atoms with Gasteiger partial charge in [0.1, 0.15) is 6.04 Å². The van der Waals surface area contributed by atoms with E-state index >= 15 is 0 Å². The smallest absolute Gasteiger partial charge is 0.394 e. The normalized spacial score (nSPS) is 14.7. The van der Waals surface area contributed by atoms with Crippen molar-refractivity contribution in [1.29, 1.82) is 0 Å². The summed E-state index contributed by atoms with van der Waals surface area (Å²) >= 11 is 0. The highest BCUT2D eigenvalue weighted by Gasteiger charge is 2.41. The standard InChI is InChI=1S/C16H16F3NO/c17-16(18,19)15(13-9-5-2-6-10-13)20-14(11-21)12-7-3-1-4-8-12/h1-10,14-15,20-21H,11H2. The molecular weight excluding hydrogens is 279 g/mol. The van der Waals surface area contributed by atoms with Crippen LogP contribution in [0.2, 0.25) is 0 Å². The Hall–Kier alpha value is -1.85. The highest BCUT2D eigenvalue weighted by Crippen LogP contribution is 2.34. The maximum Gasteiger partial charge on any atom is 0.407 e. The van der Waals surface area contributed by atoms with E-state index in [-0.39, 0.29) is 5.56 Å². The number of nitrogens with one attached hydrogen (secondary N) is 1. The van der Waals surface area contributed by atoms with E-state index in [0.717, 1.165) is 0 Å². The molecule has 0 amide bonds. The number of rotatable bonds is 5. The predicted octanol–water partition coefficient (Wildman–Crippen LogP) is 3.61. The summed E-state index contributed by atoms with van der Waals surface area (Å²) in [5.74, 6) is 0. The highest BCUT2D eigenvalue weighted by atomic mass is 19.4. The van der Waals surface area contributed by atoms with E-state index in [4.69, 9.17) is 0 Å². The lowest BCUT2D eigenvalue weighted by Crippen LogP contribution is -2.38. The van der Waals surface area contributed by atoms with Crippen LogP contribution in [0.15, 0.2) is 60.7 Å². The molecule has 0 aliphatic rings. The number of aliphatic hydroxyl groups excluding tert-OH is 1. The maximum absolute atomic E-state index is 13.3. The maximum atomic E-state index is 13.3. The molecule has 2 N–H and O–H groups in total. The lowest BCUT2D eigenvalue weighted by atomic mass is 10.0. The van der Waals surface area contributed by atoms with Crippen molar-refractivity contribution in [2.75, 3.05) is 6.61 Å². The lowest BCUT2D eigenvalue weighted by molar-refractivity contribution is -0.160. The highest BCUT2D eigenvalue weighted by molar-refractivity contribution is 5.23. The second-order valence-electron chi connectivity index (χ2n) is 4.70. The minimum Gasteiger partial charge on any atom is -0.394 e. The average molecular weight is 295 g/mol. The molecule has 0 aromatic heterocycles. The summed E-state index contributed by atoms with van der Waals surface area (Å²) in [6, 6.07) is 13.6. The zero-order chi connectivity index (χ0) is 15.3. The molecular formula is C16H16F3NO. The first-order chi connectivity index (χ1) is 10.0. The largest absolute Gasteiger partial charge is 0.407 e. The molecule has 0 radical (unpaired) electrons. The molecule has 0 spiro atoms. The van der Waals surface area contributed by atoms with E-state index < -0.39 is 24.9 Å². The Balaban J connectivity index is 2.26. The molecule has 21 heavy (non-hydrogen) atoms. The molecule has 2 atom stereocenters. The van der Waals surface area contributed by atoms with Gasteiger partial charge in [-0.2, -0.15) is 13.2 Å². The van der Waals surface area contributed by atoms with Crippen molar-refractivity contribution < 1.29 is 18.3 Å². The summed E-state index contributed by atoms with van der Waals surface area (Å²) in [7, 11) is 0. The molecule has 2 nitrogen and oxygen atoms in total. The van der Waals surface area contributed by atoms with E-state index in [0.29, 0.717) is 5.56 Å². The van der Waals surface area contributed by atoms with Gasteiger partial charge in [-0.25, -0.2) is 0 Å². The summed E-state index contributed by atoms with van der Waals surface area (Å²) in [6.07, 6.45) is -4.44. The van der Waals surface area contributed by atoms with Gasteiger partial charge < -0.3 is 5.11 Å². The summed E-state index contributed by atoms with van der Waals surface area (Å²) in [4.78, 5) is 0. The van der Waals surface area contributed by atoms with Crippen molar-refractivity contribution in [2.24, 2.45) is 0 Å². The van der Waals surface area contributed by atoms with E-state index in [1.165, 1.54) is 12.1 Å². The molecule has 5 heteroatoms. The Morgan fingerprint density at radius 1 is 0.857 bits per heavy atom. The zero-order valence-electron chi connectivity index (χ0n) is 11.2.